The number of nitrogens with zero attached hydrogens (tertiary/aromatic N) is 1. The average molecular weight is 324 g/mol. The van der Waals surface area contributed by atoms with Crippen LogP contribution in [0.4, 0.5) is 0 Å². The molecule has 0 aliphatic carbocycles. The Morgan fingerprint density at radius 1 is 1.09 bits per heavy atom. The smallest absolute Gasteiger partial charge is 0.303 e. The number of carbonyl (C=O) groups is 1. The number of hydrogen-bond donors (Lipinski definition) is 1. The van der Waals surface area contributed by atoms with Crippen molar-refractivity contribution in [2.75, 3.05) is 6.54 Å². The van der Waals surface area contributed by atoms with E-state index in [1.165, 1.54) is 38.5 Å². The van der Waals surface area contributed by atoms with Gasteiger partial charge in [0.25, 0.3) is 0 Å². The van der Waals surface area contributed by atoms with E-state index in [4.69, 9.17) is 5.11 Å². The van der Waals surface area contributed by atoms with Gasteiger partial charge in [-0.25, -0.2) is 0 Å². The van der Waals surface area contributed by atoms with Crippen LogP contribution in [-0.2, 0) is 4.79 Å². The lowest BCUT2D eigenvalue weighted by molar-refractivity contribution is -0.137. The van der Waals surface area contributed by atoms with E-state index in [9.17, 15) is 4.79 Å². The van der Waals surface area contributed by atoms with Gasteiger partial charge in [-0.15, -0.1) is 6.58 Å². The SMILES string of the molecule is C=CCN1C(C)(C)CC(CCCCCCCC(=O)O)CC1(C)C. The lowest BCUT2D eigenvalue weighted by atomic mass is 9.72. The second-order valence-electron chi connectivity index (χ2n) is 8.50. The zero-order chi connectivity index (χ0) is 17.5. The van der Waals surface area contributed by atoms with Crippen LogP contribution in [0.3, 0.4) is 0 Å². The standard InChI is InChI=1S/C20H37NO2/c1-6-14-21-19(2,3)15-17(16-20(21,4)5)12-10-8-7-9-11-13-18(22)23/h6,17H,1,7-16H2,2-5H3,(H,22,23). The van der Waals surface area contributed by atoms with Gasteiger partial charge >= 0.3 is 5.97 Å². The van der Waals surface area contributed by atoms with Gasteiger partial charge in [-0.3, -0.25) is 9.69 Å². The molecule has 1 N–H and O–H groups in total. The van der Waals surface area contributed by atoms with E-state index in [0.717, 1.165) is 25.3 Å². The van der Waals surface area contributed by atoms with Gasteiger partial charge in [0, 0.05) is 24.0 Å². The Hall–Kier alpha value is -0.830. The Morgan fingerprint density at radius 3 is 2.13 bits per heavy atom. The average Bonchev–Trinajstić information content (AvgIpc) is 2.40. The lowest BCUT2D eigenvalue weighted by Gasteiger charge is -2.55. The van der Waals surface area contributed by atoms with Gasteiger partial charge in [-0.1, -0.05) is 38.2 Å². The maximum absolute atomic E-state index is 10.5. The molecule has 23 heavy (non-hydrogen) atoms. The van der Waals surface area contributed by atoms with E-state index in [1.807, 2.05) is 6.08 Å². The predicted octanol–water partition coefficient (Wildman–Crippen LogP) is 5.26. The molecule has 0 aromatic heterocycles. The van der Waals surface area contributed by atoms with Crippen LogP contribution < -0.4 is 0 Å². The highest BCUT2D eigenvalue weighted by atomic mass is 16.4. The molecule has 134 valence electrons. The van der Waals surface area contributed by atoms with Crippen LogP contribution in [0.15, 0.2) is 12.7 Å². The monoisotopic (exact) mass is 323 g/mol. The van der Waals surface area contributed by atoms with Gasteiger partial charge in [-0.2, -0.15) is 0 Å². The fourth-order valence-corrected chi connectivity index (χ4v) is 4.59. The topological polar surface area (TPSA) is 40.5 Å². The zero-order valence-corrected chi connectivity index (χ0v) is 15.7. The predicted molar refractivity (Wildman–Crippen MR) is 97.7 cm³/mol. The highest BCUT2D eigenvalue weighted by Gasteiger charge is 2.44. The van der Waals surface area contributed by atoms with Gasteiger partial charge in [0.05, 0.1) is 0 Å². The summed E-state index contributed by atoms with van der Waals surface area (Å²) in [5.74, 6) is 0.140. The summed E-state index contributed by atoms with van der Waals surface area (Å²) >= 11 is 0. The number of carboxylic acids is 1. The summed E-state index contributed by atoms with van der Waals surface area (Å²) in [6, 6.07) is 0. The van der Waals surface area contributed by atoms with Gasteiger partial charge in [-0.05, 0) is 52.9 Å². The van der Waals surface area contributed by atoms with Crippen molar-refractivity contribution < 1.29 is 9.90 Å². The van der Waals surface area contributed by atoms with E-state index in [2.05, 4.69) is 39.2 Å². The molecule has 1 aliphatic rings. The highest BCUT2D eigenvalue weighted by Crippen LogP contribution is 2.42. The molecule has 1 rings (SSSR count). The molecule has 0 bridgehead atoms. The van der Waals surface area contributed by atoms with Crippen LogP contribution in [-0.4, -0.2) is 33.6 Å². The summed E-state index contributed by atoms with van der Waals surface area (Å²) in [7, 11) is 0. The van der Waals surface area contributed by atoms with Crippen LogP contribution in [0.5, 0.6) is 0 Å². The summed E-state index contributed by atoms with van der Waals surface area (Å²) in [6.45, 7) is 14.4. The fraction of sp³-hybridized carbons (Fsp3) is 0.850. The van der Waals surface area contributed by atoms with Crippen LogP contribution in [0.1, 0.15) is 85.5 Å². The molecule has 3 heteroatoms. The summed E-state index contributed by atoms with van der Waals surface area (Å²) in [5.41, 5.74) is 0.476. The van der Waals surface area contributed by atoms with Crippen molar-refractivity contribution in [3.8, 4) is 0 Å². The zero-order valence-electron chi connectivity index (χ0n) is 15.7. The molecule has 0 unspecified atom stereocenters. The molecule has 1 fully saturated rings. The van der Waals surface area contributed by atoms with E-state index in [0.29, 0.717) is 6.42 Å². The van der Waals surface area contributed by atoms with Crippen LogP contribution >= 0.6 is 0 Å². The molecule has 0 radical (unpaired) electrons. The van der Waals surface area contributed by atoms with Crippen molar-refractivity contribution >= 4 is 5.97 Å². The molecule has 0 atom stereocenters. The first-order valence-corrected chi connectivity index (χ1v) is 9.29. The first-order chi connectivity index (χ1) is 10.7. The van der Waals surface area contributed by atoms with Crippen molar-refractivity contribution in [3.05, 3.63) is 12.7 Å². The molecule has 0 aromatic carbocycles. The molecule has 1 saturated heterocycles. The summed E-state index contributed by atoms with van der Waals surface area (Å²) in [5, 5.41) is 8.63. The van der Waals surface area contributed by atoms with Gasteiger partial charge in [0.2, 0.25) is 0 Å². The van der Waals surface area contributed by atoms with Crippen molar-refractivity contribution in [1.29, 1.82) is 0 Å². The normalized spacial score (nSPS) is 21.2. The van der Waals surface area contributed by atoms with Gasteiger partial charge in [0.15, 0.2) is 0 Å². The molecule has 0 amide bonds. The molecule has 0 spiro atoms. The van der Waals surface area contributed by atoms with Crippen LogP contribution in [0, 0.1) is 5.92 Å². The van der Waals surface area contributed by atoms with E-state index >= 15 is 0 Å². The minimum Gasteiger partial charge on any atom is -0.481 e. The summed E-state index contributed by atoms with van der Waals surface area (Å²) < 4.78 is 0. The maximum atomic E-state index is 10.5. The molecule has 1 aliphatic heterocycles. The Balaban J connectivity index is 2.33. The molecule has 3 nitrogen and oxygen atoms in total. The first-order valence-electron chi connectivity index (χ1n) is 9.29. The maximum Gasteiger partial charge on any atom is 0.303 e. The van der Waals surface area contributed by atoms with Crippen LogP contribution in [0.2, 0.25) is 0 Å². The van der Waals surface area contributed by atoms with Gasteiger partial charge in [0.1, 0.15) is 0 Å². The number of rotatable bonds is 10. The lowest BCUT2D eigenvalue weighted by Crippen LogP contribution is -2.60. The number of aliphatic carboxylic acids is 1. The molecular formula is C20H37NO2. The van der Waals surface area contributed by atoms with Crippen LogP contribution in [0.25, 0.3) is 0 Å². The minimum absolute atomic E-state index is 0.238. The fourth-order valence-electron chi connectivity index (χ4n) is 4.59. The van der Waals surface area contributed by atoms with E-state index < -0.39 is 5.97 Å². The van der Waals surface area contributed by atoms with E-state index in [1.54, 1.807) is 0 Å². The highest BCUT2D eigenvalue weighted by molar-refractivity contribution is 5.66. The Bertz CT molecular complexity index is 369. The molecule has 0 aromatic rings. The van der Waals surface area contributed by atoms with Crippen molar-refractivity contribution in [1.82, 2.24) is 4.90 Å². The summed E-state index contributed by atoms with van der Waals surface area (Å²) in [6.07, 6.45) is 11.8. The number of piperidine rings is 1. The largest absolute Gasteiger partial charge is 0.481 e. The summed E-state index contributed by atoms with van der Waals surface area (Å²) in [4.78, 5) is 13.1. The number of likely N-dealkylation sites (tertiary alicyclic amines) is 1. The third-order valence-electron chi connectivity index (χ3n) is 5.35. The number of hydrogen-bond acceptors (Lipinski definition) is 2. The molecular weight excluding hydrogens is 286 g/mol. The minimum atomic E-state index is -0.666. The van der Waals surface area contributed by atoms with E-state index in [-0.39, 0.29) is 11.1 Å². The van der Waals surface area contributed by atoms with Gasteiger partial charge < -0.3 is 5.11 Å². The van der Waals surface area contributed by atoms with Crippen molar-refractivity contribution in [3.63, 3.8) is 0 Å². The quantitative estimate of drug-likeness (QED) is 0.440. The van der Waals surface area contributed by atoms with Crippen molar-refractivity contribution in [2.45, 2.75) is 96.6 Å². The first kappa shape index (κ1) is 20.2. The third kappa shape index (κ3) is 6.66. The van der Waals surface area contributed by atoms with Crippen molar-refractivity contribution in [2.24, 2.45) is 5.92 Å². The Labute approximate surface area is 143 Å². The number of carboxylic acid groups (broad SMARTS) is 1. The second kappa shape index (κ2) is 8.86. The Kier molecular flexibility index (Phi) is 7.79. The number of unbranched alkanes of at least 4 members (excludes halogenated alkanes) is 4. The second-order valence-corrected chi connectivity index (χ2v) is 8.50. The molecule has 1 heterocycles. The molecule has 0 saturated carbocycles. The Morgan fingerprint density at radius 2 is 1.61 bits per heavy atom. The third-order valence-corrected chi connectivity index (χ3v) is 5.35.